The molecule has 2 nitrogen and oxygen atoms in total. The number of allylic oxidation sites excluding steroid dienone is 1. The third-order valence-electron chi connectivity index (χ3n) is 10.1. The molecule has 0 aliphatic heterocycles. The summed E-state index contributed by atoms with van der Waals surface area (Å²) in [5, 5.41) is 0. The van der Waals surface area contributed by atoms with E-state index in [-0.39, 0.29) is 0 Å². The van der Waals surface area contributed by atoms with Crippen molar-refractivity contribution in [2.24, 2.45) is 35.0 Å². The highest BCUT2D eigenvalue weighted by Gasteiger charge is 2.55. The van der Waals surface area contributed by atoms with Crippen LogP contribution in [0.25, 0.3) is 0 Å². The zero-order chi connectivity index (χ0) is 21.3. The van der Waals surface area contributed by atoms with E-state index in [4.69, 9.17) is 0 Å². The number of carbonyl (C=O) groups excluding carboxylic acids is 1. The van der Waals surface area contributed by atoms with Gasteiger partial charge >= 0.3 is 0 Å². The minimum Gasteiger partial charge on any atom is -0.339 e. The summed E-state index contributed by atoms with van der Waals surface area (Å²) < 4.78 is 0. The average molecular weight is 414 g/mol. The molecule has 6 atom stereocenters. The Labute approximate surface area is 186 Å². The van der Waals surface area contributed by atoms with Crippen molar-refractivity contribution < 1.29 is 4.79 Å². The van der Waals surface area contributed by atoms with Crippen LogP contribution in [0.3, 0.4) is 0 Å². The molecule has 0 unspecified atom stereocenters. The largest absolute Gasteiger partial charge is 0.339 e. The number of rotatable bonds is 7. The molecule has 0 radical (unpaired) electrons. The van der Waals surface area contributed by atoms with Gasteiger partial charge in [-0.25, -0.2) is 0 Å². The minimum atomic E-state index is 0.401. The van der Waals surface area contributed by atoms with Crippen molar-refractivity contribution in [3.63, 3.8) is 0 Å². The summed E-state index contributed by atoms with van der Waals surface area (Å²) in [6.45, 7) is 11.4. The molecule has 0 saturated heterocycles. The van der Waals surface area contributed by atoms with Crippen molar-refractivity contribution in [1.29, 1.82) is 0 Å². The zero-order valence-electron chi connectivity index (χ0n) is 20.3. The predicted octanol–water partition coefficient (Wildman–Crippen LogP) is 7.38. The fourth-order valence-electron chi connectivity index (χ4n) is 8.32. The predicted molar refractivity (Wildman–Crippen MR) is 126 cm³/mol. The molecule has 3 saturated carbocycles. The Morgan fingerprint density at radius 2 is 1.70 bits per heavy atom. The monoisotopic (exact) mass is 413 g/mol. The number of hydrogen-bond donors (Lipinski definition) is 0. The van der Waals surface area contributed by atoms with Crippen LogP contribution in [0.1, 0.15) is 111 Å². The lowest BCUT2D eigenvalue weighted by atomic mass is 9.47. The van der Waals surface area contributed by atoms with Crippen molar-refractivity contribution in [1.82, 2.24) is 4.90 Å². The van der Waals surface area contributed by atoms with Crippen LogP contribution in [0.4, 0.5) is 0 Å². The second-order valence-electron chi connectivity index (χ2n) is 11.5. The van der Waals surface area contributed by atoms with Gasteiger partial charge in [0.2, 0.25) is 5.91 Å². The summed E-state index contributed by atoms with van der Waals surface area (Å²) in [6, 6.07) is 0. The van der Waals surface area contributed by atoms with Gasteiger partial charge in [-0.1, -0.05) is 52.0 Å². The van der Waals surface area contributed by atoms with Gasteiger partial charge in [-0.3, -0.25) is 4.79 Å². The Hall–Kier alpha value is -0.790. The first-order chi connectivity index (χ1) is 14.5. The van der Waals surface area contributed by atoms with Crippen molar-refractivity contribution >= 4 is 5.91 Å². The van der Waals surface area contributed by atoms with E-state index in [1.165, 1.54) is 75.4 Å². The molecule has 0 bridgehead atoms. The molecule has 0 spiro atoms. The van der Waals surface area contributed by atoms with Gasteiger partial charge < -0.3 is 4.90 Å². The topological polar surface area (TPSA) is 20.3 Å². The van der Waals surface area contributed by atoms with Crippen LogP contribution in [-0.4, -0.2) is 23.9 Å². The number of unbranched alkanes of at least 4 members (excludes halogenated alkanes) is 2. The molecular formula is C28H47NO. The van der Waals surface area contributed by atoms with E-state index >= 15 is 0 Å². The first-order valence-corrected chi connectivity index (χ1v) is 13.5. The molecular weight excluding hydrogens is 366 g/mol. The molecule has 30 heavy (non-hydrogen) atoms. The maximum Gasteiger partial charge on any atom is 0.249 e. The highest BCUT2D eigenvalue weighted by Crippen LogP contribution is 2.63. The molecule has 0 aromatic carbocycles. The van der Waals surface area contributed by atoms with E-state index in [1.807, 2.05) is 0 Å². The highest BCUT2D eigenvalue weighted by atomic mass is 16.2. The van der Waals surface area contributed by atoms with Gasteiger partial charge in [0.25, 0.3) is 0 Å². The molecule has 0 N–H and O–H groups in total. The van der Waals surface area contributed by atoms with E-state index in [0.29, 0.717) is 17.2 Å². The lowest BCUT2D eigenvalue weighted by Gasteiger charge is -2.58. The molecule has 4 aliphatic rings. The Balaban J connectivity index is 1.50. The van der Waals surface area contributed by atoms with E-state index in [2.05, 4.69) is 32.6 Å². The number of fused-ring (bicyclic) bond motifs is 5. The third kappa shape index (κ3) is 3.90. The Morgan fingerprint density at radius 1 is 0.967 bits per heavy atom. The SMILES string of the molecule is CCCCN(CCCC)C(=O)C1=C(C)[C@@H]2CC[C@H]3[C@@H](CC[C@H]4CCCC[C@@]43C)[C@@H]2C1. The Bertz CT molecular complexity index is 643. The summed E-state index contributed by atoms with van der Waals surface area (Å²) in [5.41, 5.74) is 3.31. The van der Waals surface area contributed by atoms with Gasteiger partial charge in [0, 0.05) is 18.7 Å². The van der Waals surface area contributed by atoms with Gasteiger partial charge in [-0.15, -0.1) is 0 Å². The average Bonchev–Trinajstić information content (AvgIpc) is 3.10. The van der Waals surface area contributed by atoms with E-state index in [9.17, 15) is 4.79 Å². The summed E-state index contributed by atoms with van der Waals surface area (Å²) >= 11 is 0. The van der Waals surface area contributed by atoms with Crippen LogP contribution in [0.15, 0.2) is 11.1 Å². The van der Waals surface area contributed by atoms with Crippen molar-refractivity contribution in [2.75, 3.05) is 13.1 Å². The van der Waals surface area contributed by atoms with Gasteiger partial charge in [-0.05, 0) is 99.7 Å². The molecule has 0 heterocycles. The normalized spacial score (nSPS) is 38.1. The standard InChI is InChI=1S/C28H47NO/c1-5-7-17-29(18-8-6-2)27(30)24-19-25-22(20(24)3)14-15-26-23(25)13-12-21-11-9-10-16-28(21,26)4/h21-23,25-26H,5-19H2,1-4H3/t21-,22+,23+,25-,26+,28+/m1/s1. The maximum absolute atomic E-state index is 13.6. The fourth-order valence-corrected chi connectivity index (χ4v) is 8.32. The lowest BCUT2D eigenvalue weighted by molar-refractivity contribution is -0.127. The van der Waals surface area contributed by atoms with Crippen molar-refractivity contribution in [2.45, 2.75) is 111 Å². The Kier molecular flexibility index (Phi) is 7.00. The van der Waals surface area contributed by atoms with Gasteiger partial charge in [-0.2, -0.15) is 0 Å². The second-order valence-corrected chi connectivity index (χ2v) is 11.5. The van der Waals surface area contributed by atoms with Crippen LogP contribution in [0.5, 0.6) is 0 Å². The molecule has 0 aromatic heterocycles. The molecule has 0 aromatic rings. The second kappa shape index (κ2) is 9.37. The van der Waals surface area contributed by atoms with Crippen molar-refractivity contribution in [3.8, 4) is 0 Å². The molecule has 170 valence electrons. The Morgan fingerprint density at radius 3 is 2.40 bits per heavy atom. The lowest BCUT2D eigenvalue weighted by Crippen LogP contribution is -2.50. The van der Waals surface area contributed by atoms with Crippen LogP contribution in [0, 0.1) is 35.0 Å². The fraction of sp³-hybridized carbons (Fsp3) is 0.893. The van der Waals surface area contributed by atoms with Crippen molar-refractivity contribution in [3.05, 3.63) is 11.1 Å². The number of hydrogen-bond acceptors (Lipinski definition) is 1. The molecule has 2 heteroatoms. The quantitative estimate of drug-likeness (QED) is 0.426. The third-order valence-corrected chi connectivity index (χ3v) is 10.1. The minimum absolute atomic E-state index is 0.401. The van der Waals surface area contributed by atoms with Crippen LogP contribution >= 0.6 is 0 Å². The molecule has 4 rings (SSSR count). The van der Waals surface area contributed by atoms with Crippen LogP contribution in [-0.2, 0) is 4.79 Å². The van der Waals surface area contributed by atoms with E-state index < -0.39 is 0 Å². The zero-order valence-corrected chi connectivity index (χ0v) is 20.3. The van der Waals surface area contributed by atoms with Crippen LogP contribution in [0.2, 0.25) is 0 Å². The number of carbonyl (C=O) groups is 1. The molecule has 1 amide bonds. The molecule has 4 aliphatic carbocycles. The van der Waals surface area contributed by atoms with E-state index in [0.717, 1.165) is 56.0 Å². The summed E-state index contributed by atoms with van der Waals surface area (Å²) in [4.78, 5) is 15.8. The van der Waals surface area contributed by atoms with Gasteiger partial charge in [0.05, 0.1) is 0 Å². The molecule has 3 fully saturated rings. The van der Waals surface area contributed by atoms with Crippen LogP contribution < -0.4 is 0 Å². The highest BCUT2D eigenvalue weighted by molar-refractivity contribution is 5.95. The number of amides is 1. The summed E-state index contributed by atoms with van der Waals surface area (Å²) in [5.74, 6) is 4.66. The number of nitrogens with zero attached hydrogens (tertiary/aromatic N) is 1. The smallest absolute Gasteiger partial charge is 0.249 e. The maximum atomic E-state index is 13.6. The first kappa shape index (κ1) is 22.4. The van der Waals surface area contributed by atoms with Gasteiger partial charge in [0.1, 0.15) is 0 Å². The summed E-state index contributed by atoms with van der Waals surface area (Å²) in [6.07, 6.45) is 17.3. The summed E-state index contributed by atoms with van der Waals surface area (Å²) in [7, 11) is 0. The first-order valence-electron chi connectivity index (χ1n) is 13.5. The van der Waals surface area contributed by atoms with E-state index in [1.54, 1.807) is 0 Å². The van der Waals surface area contributed by atoms with Gasteiger partial charge in [0.15, 0.2) is 0 Å².